The molecular formula is C24H19NO6. The summed E-state index contributed by atoms with van der Waals surface area (Å²) < 4.78 is 16.5. The van der Waals surface area contributed by atoms with Crippen molar-refractivity contribution < 1.29 is 23.8 Å². The second kappa shape index (κ2) is 8.62. The van der Waals surface area contributed by atoms with Crippen LogP contribution < -0.4 is 20.2 Å². The highest BCUT2D eigenvalue weighted by molar-refractivity contribution is 5.93. The number of nitrogens with one attached hydrogen (secondary N) is 1. The van der Waals surface area contributed by atoms with E-state index in [-0.39, 0.29) is 34.5 Å². The quantitative estimate of drug-likeness (QED) is 0.488. The lowest BCUT2D eigenvalue weighted by Crippen LogP contribution is -2.20. The van der Waals surface area contributed by atoms with Crippen LogP contribution in [0.4, 0.5) is 5.69 Å². The monoisotopic (exact) mass is 417 g/mol. The summed E-state index contributed by atoms with van der Waals surface area (Å²) in [5, 5.41) is 13.1. The van der Waals surface area contributed by atoms with Crippen LogP contribution in [0.1, 0.15) is 0 Å². The van der Waals surface area contributed by atoms with E-state index in [1.165, 1.54) is 25.3 Å². The fraction of sp³-hybridized carbons (Fsp3) is 0.0833. The first-order valence-electron chi connectivity index (χ1n) is 9.47. The van der Waals surface area contributed by atoms with E-state index >= 15 is 0 Å². The maximum absolute atomic E-state index is 12.5. The van der Waals surface area contributed by atoms with E-state index in [0.717, 1.165) is 5.56 Å². The number of fused-ring (bicyclic) bond motifs is 1. The van der Waals surface area contributed by atoms with Gasteiger partial charge in [-0.15, -0.1) is 0 Å². The Morgan fingerprint density at radius 1 is 1.03 bits per heavy atom. The zero-order chi connectivity index (χ0) is 21.8. The van der Waals surface area contributed by atoms with E-state index in [1.54, 1.807) is 24.3 Å². The summed E-state index contributed by atoms with van der Waals surface area (Å²) in [7, 11) is 1.51. The zero-order valence-corrected chi connectivity index (χ0v) is 16.6. The summed E-state index contributed by atoms with van der Waals surface area (Å²) in [6.45, 7) is -0.314. The Bertz CT molecular complexity index is 1300. The van der Waals surface area contributed by atoms with Crippen LogP contribution in [0.3, 0.4) is 0 Å². The van der Waals surface area contributed by atoms with Gasteiger partial charge in [-0.25, -0.2) is 0 Å². The van der Waals surface area contributed by atoms with Crippen LogP contribution in [0, 0.1) is 0 Å². The molecule has 0 fully saturated rings. The second-order valence-electron chi connectivity index (χ2n) is 6.69. The van der Waals surface area contributed by atoms with Crippen molar-refractivity contribution in [1.29, 1.82) is 0 Å². The van der Waals surface area contributed by atoms with Crippen LogP contribution in [0.15, 0.2) is 82.0 Å². The Kier molecular flexibility index (Phi) is 5.57. The molecule has 4 rings (SSSR count). The number of carbonyl (C=O) groups is 1. The predicted octanol–water partition coefficient (Wildman–Crippen LogP) is 4.19. The van der Waals surface area contributed by atoms with Crippen LogP contribution in [-0.4, -0.2) is 24.7 Å². The first-order valence-corrected chi connectivity index (χ1v) is 9.47. The fourth-order valence-corrected chi connectivity index (χ4v) is 3.15. The average Bonchev–Trinajstić information content (AvgIpc) is 2.78. The van der Waals surface area contributed by atoms with Crippen LogP contribution in [0.25, 0.3) is 22.3 Å². The van der Waals surface area contributed by atoms with Crippen molar-refractivity contribution in [3.63, 3.8) is 0 Å². The maximum Gasteiger partial charge on any atom is 0.262 e. The summed E-state index contributed by atoms with van der Waals surface area (Å²) in [4.78, 5) is 24.8. The minimum Gasteiger partial charge on any atom is -0.507 e. The highest BCUT2D eigenvalue weighted by Gasteiger charge is 2.14. The third kappa shape index (κ3) is 4.35. The molecule has 0 bridgehead atoms. The number of rotatable bonds is 6. The number of hydrogen-bond donors (Lipinski definition) is 2. The number of phenols is 1. The number of methoxy groups -OCH3 is 1. The topological polar surface area (TPSA) is 98.0 Å². The Balaban J connectivity index is 1.57. The second-order valence-corrected chi connectivity index (χ2v) is 6.69. The molecule has 0 atom stereocenters. The van der Waals surface area contributed by atoms with Crippen LogP contribution in [0.2, 0.25) is 0 Å². The van der Waals surface area contributed by atoms with Crippen molar-refractivity contribution in [2.24, 2.45) is 0 Å². The third-order valence-electron chi connectivity index (χ3n) is 4.59. The van der Waals surface area contributed by atoms with Gasteiger partial charge in [0.2, 0.25) is 0 Å². The lowest BCUT2D eigenvalue weighted by atomic mass is 10.1. The number of phenolic OH excluding ortho intramolecular Hbond substituents is 1. The predicted molar refractivity (Wildman–Crippen MR) is 117 cm³/mol. The molecule has 7 nitrogen and oxygen atoms in total. The van der Waals surface area contributed by atoms with Gasteiger partial charge in [0.05, 0.1) is 12.8 Å². The number of ether oxygens (including phenoxy) is 2. The molecule has 0 radical (unpaired) electrons. The summed E-state index contributed by atoms with van der Waals surface area (Å²) >= 11 is 0. The molecule has 3 aromatic carbocycles. The molecule has 0 spiro atoms. The number of para-hydroxylation sites is 2. The Hall–Kier alpha value is -4.26. The van der Waals surface area contributed by atoms with Gasteiger partial charge in [-0.1, -0.05) is 42.5 Å². The minimum absolute atomic E-state index is 0.0468. The molecule has 1 heterocycles. The molecule has 1 aromatic heterocycles. The van der Waals surface area contributed by atoms with Gasteiger partial charge in [0.15, 0.2) is 12.0 Å². The number of aromatic hydroxyl groups is 1. The molecule has 0 unspecified atom stereocenters. The maximum atomic E-state index is 12.5. The zero-order valence-electron chi connectivity index (χ0n) is 16.6. The molecule has 0 saturated heterocycles. The molecule has 0 aliphatic heterocycles. The summed E-state index contributed by atoms with van der Waals surface area (Å²) in [5.74, 6) is 0.376. The van der Waals surface area contributed by atoms with Gasteiger partial charge < -0.3 is 24.3 Å². The van der Waals surface area contributed by atoms with E-state index in [9.17, 15) is 14.7 Å². The van der Waals surface area contributed by atoms with Crippen LogP contribution in [-0.2, 0) is 4.79 Å². The highest BCUT2D eigenvalue weighted by atomic mass is 16.5. The molecule has 0 aliphatic carbocycles. The van der Waals surface area contributed by atoms with Crippen molar-refractivity contribution in [2.75, 3.05) is 19.0 Å². The summed E-state index contributed by atoms with van der Waals surface area (Å²) in [6, 6.07) is 20.2. The van der Waals surface area contributed by atoms with Crippen LogP contribution >= 0.6 is 0 Å². The van der Waals surface area contributed by atoms with E-state index < -0.39 is 5.91 Å². The summed E-state index contributed by atoms with van der Waals surface area (Å²) in [5.41, 5.74) is 1.02. The highest BCUT2D eigenvalue weighted by Crippen LogP contribution is 2.31. The largest absolute Gasteiger partial charge is 0.507 e. The minimum atomic E-state index is -0.413. The standard InChI is InChI=1S/C24H19NO6/c1-29-20-10-6-5-9-17(20)25-23(28)14-30-16-11-18(26)24-19(27)13-21(31-22(24)12-16)15-7-3-2-4-8-15/h2-13,26H,14H2,1H3,(H,25,28). The normalized spacial score (nSPS) is 10.6. The van der Waals surface area contributed by atoms with Gasteiger partial charge >= 0.3 is 0 Å². The molecule has 0 aliphatic rings. The molecule has 2 N–H and O–H groups in total. The average molecular weight is 417 g/mol. The van der Waals surface area contributed by atoms with Crippen molar-refractivity contribution in [3.8, 4) is 28.6 Å². The number of benzene rings is 3. The first kappa shape index (κ1) is 20.0. The van der Waals surface area contributed by atoms with E-state index in [1.807, 2.05) is 30.3 Å². The molecule has 7 heteroatoms. The lowest BCUT2D eigenvalue weighted by Gasteiger charge is -2.11. The van der Waals surface area contributed by atoms with Crippen LogP contribution in [0.5, 0.6) is 17.2 Å². The number of hydrogen-bond acceptors (Lipinski definition) is 6. The molecule has 156 valence electrons. The van der Waals surface area contributed by atoms with E-state index in [2.05, 4.69) is 5.32 Å². The van der Waals surface area contributed by atoms with Gasteiger partial charge in [-0.3, -0.25) is 9.59 Å². The molecular weight excluding hydrogens is 398 g/mol. The number of carbonyl (C=O) groups excluding carboxylic acids is 1. The van der Waals surface area contributed by atoms with Crippen molar-refractivity contribution in [3.05, 3.63) is 83.0 Å². The van der Waals surface area contributed by atoms with Gasteiger partial charge in [-0.2, -0.15) is 0 Å². The third-order valence-corrected chi connectivity index (χ3v) is 4.59. The van der Waals surface area contributed by atoms with Gasteiger partial charge in [-0.05, 0) is 12.1 Å². The van der Waals surface area contributed by atoms with Gasteiger partial charge in [0, 0.05) is 23.8 Å². The fourth-order valence-electron chi connectivity index (χ4n) is 3.15. The molecule has 1 amide bonds. The Morgan fingerprint density at radius 2 is 1.77 bits per heavy atom. The SMILES string of the molecule is COc1ccccc1NC(=O)COc1cc(O)c2c(=O)cc(-c3ccccc3)oc2c1. The van der Waals surface area contributed by atoms with Crippen molar-refractivity contribution in [2.45, 2.75) is 0 Å². The van der Waals surface area contributed by atoms with E-state index in [4.69, 9.17) is 13.9 Å². The van der Waals surface area contributed by atoms with Gasteiger partial charge in [0.25, 0.3) is 5.91 Å². The summed E-state index contributed by atoms with van der Waals surface area (Å²) in [6.07, 6.45) is 0. The van der Waals surface area contributed by atoms with Gasteiger partial charge in [0.1, 0.15) is 34.0 Å². The van der Waals surface area contributed by atoms with Crippen molar-refractivity contribution >= 4 is 22.6 Å². The number of amides is 1. The van der Waals surface area contributed by atoms with E-state index in [0.29, 0.717) is 17.2 Å². The molecule has 31 heavy (non-hydrogen) atoms. The lowest BCUT2D eigenvalue weighted by molar-refractivity contribution is -0.118. The number of anilines is 1. The first-order chi connectivity index (χ1) is 15.0. The molecule has 4 aromatic rings. The Morgan fingerprint density at radius 3 is 2.55 bits per heavy atom. The smallest absolute Gasteiger partial charge is 0.262 e. The molecule has 0 saturated carbocycles. The van der Waals surface area contributed by atoms with Crippen molar-refractivity contribution in [1.82, 2.24) is 0 Å². The Labute approximate surface area is 177 Å².